The number of hydrogen-bond donors (Lipinski definition) is 10. The van der Waals surface area contributed by atoms with Gasteiger partial charge in [-0.15, -0.1) is 6.58 Å². The molecular formula is C43H70O18. The number of aliphatic hydroxyl groups is 10. The molecule has 0 spiro atoms. The number of hydrogen-bond acceptors (Lipinski definition) is 18. The standard InChI is InChI=1S/C43H70O18/c1-9-42(7)15-20-10-11-23-41(5,6)24(12-13-43(23,8)21(20)14-25(42)59-37-32(51)30(49)26(45)17(2)54-37)58-40-36(29(48)22(16-44)57-40)61-39-34(53)35(28(47)19(4)56-39)60-38-33(52)31(50)27(46)18(3)55-38/h9,15,17-19,21-40,44-53H,1,10-14,16H2,2-8H3. The van der Waals surface area contributed by atoms with E-state index in [1.165, 1.54) is 19.4 Å². The molecule has 0 radical (unpaired) electrons. The molecule has 0 aromatic carbocycles. The molecule has 10 N–H and O–H groups in total. The Balaban J connectivity index is 1.06. The van der Waals surface area contributed by atoms with Gasteiger partial charge in [0.25, 0.3) is 0 Å². The molecule has 25 atom stereocenters. The maximum atomic E-state index is 11.5. The molecule has 7 aliphatic rings. The van der Waals surface area contributed by atoms with Crippen LogP contribution < -0.4 is 0 Å². The van der Waals surface area contributed by atoms with Crippen LogP contribution in [-0.4, -0.2) is 187 Å². The lowest BCUT2D eigenvalue weighted by molar-refractivity contribution is -0.364. The van der Waals surface area contributed by atoms with Crippen LogP contribution in [0.1, 0.15) is 80.6 Å². The SMILES string of the molecule is C=CC1(C)C=C2CCC3C(C)(C)C(OC4OC(CO)C(O)C4OC4OC(C)C(O)C(OC5OC(C)C(O)C(O)C5O)C4O)CCC3(C)C2CC1OC1OC(C)C(O)C(O)C1O. The summed E-state index contributed by atoms with van der Waals surface area (Å²) in [5.41, 5.74) is 0.0355. The first-order valence-corrected chi connectivity index (χ1v) is 21.9. The van der Waals surface area contributed by atoms with Crippen LogP contribution in [-0.2, 0) is 37.9 Å². The fraction of sp³-hybridized carbons (Fsp3) is 0.907. The van der Waals surface area contributed by atoms with Crippen molar-refractivity contribution in [3.8, 4) is 0 Å². The summed E-state index contributed by atoms with van der Waals surface area (Å²) in [4.78, 5) is 0. The molecule has 6 fully saturated rings. The highest BCUT2D eigenvalue weighted by molar-refractivity contribution is 5.29. The molecule has 0 bridgehead atoms. The molecule has 0 amide bonds. The molecule has 4 saturated heterocycles. The second-order valence-corrected chi connectivity index (χ2v) is 19.8. The third-order valence-corrected chi connectivity index (χ3v) is 15.6. The highest BCUT2D eigenvalue weighted by Gasteiger charge is 2.61. The van der Waals surface area contributed by atoms with Gasteiger partial charge < -0.3 is 89.0 Å². The largest absolute Gasteiger partial charge is 0.394 e. The van der Waals surface area contributed by atoms with Gasteiger partial charge in [-0.25, -0.2) is 0 Å². The van der Waals surface area contributed by atoms with Crippen LogP contribution in [0, 0.1) is 28.1 Å². The number of aliphatic hydroxyl groups excluding tert-OH is 10. The topological polar surface area (TPSA) is 276 Å². The smallest absolute Gasteiger partial charge is 0.187 e. The summed E-state index contributed by atoms with van der Waals surface area (Å²) in [5, 5.41) is 107. The molecule has 7 rings (SSSR count). The maximum Gasteiger partial charge on any atom is 0.187 e. The van der Waals surface area contributed by atoms with E-state index in [1.807, 2.05) is 13.0 Å². The van der Waals surface area contributed by atoms with Crippen LogP contribution in [0.25, 0.3) is 0 Å². The van der Waals surface area contributed by atoms with E-state index in [1.54, 1.807) is 6.92 Å². The molecule has 25 unspecified atom stereocenters. The monoisotopic (exact) mass is 874 g/mol. The summed E-state index contributed by atoms with van der Waals surface area (Å²) in [7, 11) is 0. The summed E-state index contributed by atoms with van der Waals surface area (Å²) >= 11 is 0. The van der Waals surface area contributed by atoms with Crippen molar-refractivity contribution in [1.82, 2.24) is 0 Å². The fourth-order valence-electron chi connectivity index (χ4n) is 11.5. The van der Waals surface area contributed by atoms with Crippen LogP contribution in [0.5, 0.6) is 0 Å². The van der Waals surface area contributed by atoms with Crippen LogP contribution in [0.15, 0.2) is 24.3 Å². The van der Waals surface area contributed by atoms with Crippen LogP contribution >= 0.6 is 0 Å². The lowest BCUT2D eigenvalue weighted by atomic mass is 9.44. The molecule has 61 heavy (non-hydrogen) atoms. The minimum Gasteiger partial charge on any atom is -0.394 e. The van der Waals surface area contributed by atoms with Gasteiger partial charge >= 0.3 is 0 Å². The first-order chi connectivity index (χ1) is 28.6. The average Bonchev–Trinajstić information content (AvgIpc) is 3.51. The van der Waals surface area contributed by atoms with E-state index in [0.29, 0.717) is 12.8 Å². The molecule has 2 saturated carbocycles. The van der Waals surface area contributed by atoms with Crippen molar-refractivity contribution in [3.05, 3.63) is 24.3 Å². The van der Waals surface area contributed by atoms with E-state index in [0.717, 1.165) is 19.3 Å². The van der Waals surface area contributed by atoms with Gasteiger partial charge in [0.1, 0.15) is 73.2 Å². The zero-order chi connectivity index (χ0) is 44.7. The molecule has 3 aliphatic carbocycles. The minimum absolute atomic E-state index is 0.0895. The molecule has 4 heterocycles. The maximum absolute atomic E-state index is 11.5. The number of ether oxygens (including phenoxy) is 8. The molecule has 4 aliphatic heterocycles. The Kier molecular flexibility index (Phi) is 14.0. The van der Waals surface area contributed by atoms with Crippen molar-refractivity contribution in [2.45, 2.75) is 209 Å². The van der Waals surface area contributed by atoms with Crippen molar-refractivity contribution in [2.24, 2.45) is 28.1 Å². The Morgan fingerprint density at radius 2 is 1.15 bits per heavy atom. The minimum atomic E-state index is -1.71. The number of fused-ring (bicyclic) bond motifs is 3. The fourth-order valence-corrected chi connectivity index (χ4v) is 11.5. The van der Waals surface area contributed by atoms with Crippen LogP contribution in [0.4, 0.5) is 0 Å². The van der Waals surface area contributed by atoms with E-state index < -0.39 is 146 Å². The molecular weight excluding hydrogens is 804 g/mol. The van der Waals surface area contributed by atoms with Crippen molar-refractivity contribution in [1.29, 1.82) is 0 Å². The van der Waals surface area contributed by atoms with E-state index in [2.05, 4.69) is 33.4 Å². The first kappa shape index (κ1) is 47.7. The first-order valence-electron chi connectivity index (χ1n) is 21.9. The highest BCUT2D eigenvalue weighted by atomic mass is 16.8. The summed E-state index contributed by atoms with van der Waals surface area (Å²) in [6, 6.07) is 0. The average molecular weight is 875 g/mol. The zero-order valence-electron chi connectivity index (χ0n) is 36.1. The second-order valence-electron chi connectivity index (χ2n) is 19.8. The number of allylic oxidation sites excluding steroid dienone is 1. The predicted octanol–water partition coefficient (Wildman–Crippen LogP) is -0.898. The summed E-state index contributed by atoms with van der Waals surface area (Å²) in [5.74, 6) is 0.220. The number of rotatable bonds is 10. The van der Waals surface area contributed by atoms with E-state index in [-0.39, 0.29) is 17.3 Å². The van der Waals surface area contributed by atoms with Crippen molar-refractivity contribution < 1.29 is 89.0 Å². The lowest BCUT2D eigenvalue weighted by Crippen LogP contribution is -2.64. The van der Waals surface area contributed by atoms with Gasteiger partial charge in [-0.1, -0.05) is 45.4 Å². The Morgan fingerprint density at radius 1 is 0.623 bits per heavy atom. The van der Waals surface area contributed by atoms with Crippen LogP contribution in [0.3, 0.4) is 0 Å². The quantitative estimate of drug-likeness (QED) is 0.119. The molecule has 18 heteroatoms. The van der Waals surface area contributed by atoms with Gasteiger partial charge in [0, 0.05) is 5.41 Å². The predicted molar refractivity (Wildman–Crippen MR) is 211 cm³/mol. The Morgan fingerprint density at radius 3 is 1.72 bits per heavy atom. The van der Waals surface area contributed by atoms with Gasteiger partial charge in [-0.2, -0.15) is 0 Å². The Bertz CT molecular complexity index is 1570. The Hall–Kier alpha value is -1.24. The third kappa shape index (κ3) is 8.44. The summed E-state index contributed by atoms with van der Waals surface area (Å²) in [6.45, 7) is 16.8. The van der Waals surface area contributed by atoms with Crippen LogP contribution in [0.2, 0.25) is 0 Å². The highest BCUT2D eigenvalue weighted by Crippen LogP contribution is 2.65. The summed E-state index contributed by atoms with van der Waals surface area (Å²) in [6.07, 6.45) is -18.5. The van der Waals surface area contributed by atoms with E-state index >= 15 is 0 Å². The van der Waals surface area contributed by atoms with Gasteiger partial charge in [0.2, 0.25) is 0 Å². The van der Waals surface area contributed by atoms with E-state index in [9.17, 15) is 51.1 Å². The molecule has 0 aromatic rings. The van der Waals surface area contributed by atoms with Gasteiger partial charge in [-0.3, -0.25) is 0 Å². The lowest BCUT2D eigenvalue weighted by Gasteiger charge is -2.62. The molecule has 350 valence electrons. The van der Waals surface area contributed by atoms with Crippen molar-refractivity contribution >= 4 is 0 Å². The van der Waals surface area contributed by atoms with Crippen molar-refractivity contribution in [3.63, 3.8) is 0 Å². The molecule has 0 aromatic heterocycles. The zero-order valence-corrected chi connectivity index (χ0v) is 36.1. The molecule has 18 nitrogen and oxygen atoms in total. The second kappa shape index (κ2) is 17.9. The Labute approximate surface area is 356 Å². The third-order valence-electron chi connectivity index (χ3n) is 15.6. The van der Waals surface area contributed by atoms with Gasteiger partial charge in [0.05, 0.1) is 37.1 Å². The van der Waals surface area contributed by atoms with Gasteiger partial charge in [-0.05, 0) is 75.5 Å². The van der Waals surface area contributed by atoms with Gasteiger partial charge in [0.15, 0.2) is 25.2 Å². The van der Waals surface area contributed by atoms with E-state index in [4.69, 9.17) is 37.9 Å². The summed E-state index contributed by atoms with van der Waals surface area (Å²) < 4.78 is 48.7. The van der Waals surface area contributed by atoms with Crippen molar-refractivity contribution in [2.75, 3.05) is 6.61 Å². The normalized spacial score (nSPS) is 55.0.